The molecule has 0 saturated carbocycles. The van der Waals surface area contributed by atoms with Crippen molar-refractivity contribution in [2.45, 2.75) is 39.8 Å². The second kappa shape index (κ2) is 5.71. The second-order valence-electron chi connectivity index (χ2n) is 4.78. The van der Waals surface area contributed by atoms with Crippen LogP contribution in [0, 0.1) is 0 Å². The predicted octanol–water partition coefficient (Wildman–Crippen LogP) is 3.64. The first-order valence-corrected chi connectivity index (χ1v) is 6.55. The van der Waals surface area contributed by atoms with E-state index in [1.54, 1.807) is 0 Å². The van der Waals surface area contributed by atoms with Gasteiger partial charge in [0, 0.05) is 18.8 Å². The fourth-order valence-corrected chi connectivity index (χ4v) is 1.98. The van der Waals surface area contributed by atoms with E-state index in [9.17, 15) is 0 Å². The van der Waals surface area contributed by atoms with Gasteiger partial charge in [-0.1, -0.05) is 31.2 Å². The summed E-state index contributed by atoms with van der Waals surface area (Å²) in [7, 11) is 0. The third-order valence-electron chi connectivity index (χ3n) is 3.11. The van der Waals surface area contributed by atoms with E-state index in [0.29, 0.717) is 6.04 Å². The number of rotatable bonds is 5. The van der Waals surface area contributed by atoms with E-state index < -0.39 is 0 Å². The van der Waals surface area contributed by atoms with Crippen LogP contribution in [-0.4, -0.2) is 9.78 Å². The second-order valence-corrected chi connectivity index (χ2v) is 4.78. The number of anilines is 1. The first-order chi connectivity index (χ1) is 8.70. The first kappa shape index (κ1) is 12.7. The Morgan fingerprint density at radius 2 is 1.94 bits per heavy atom. The molecular weight excluding hydrogens is 222 g/mol. The summed E-state index contributed by atoms with van der Waals surface area (Å²) < 4.78 is 1.97. The molecule has 0 radical (unpaired) electrons. The third-order valence-corrected chi connectivity index (χ3v) is 3.11. The maximum atomic E-state index is 4.32. The van der Waals surface area contributed by atoms with Gasteiger partial charge in [-0.05, 0) is 31.4 Å². The van der Waals surface area contributed by atoms with Crippen LogP contribution in [0.3, 0.4) is 0 Å². The Balaban J connectivity index is 2.02. The van der Waals surface area contributed by atoms with Crippen molar-refractivity contribution in [3.63, 3.8) is 0 Å². The van der Waals surface area contributed by atoms with Crippen LogP contribution in [0.15, 0.2) is 36.7 Å². The molecular formula is C15H21N3. The van der Waals surface area contributed by atoms with E-state index in [2.05, 4.69) is 61.6 Å². The lowest BCUT2D eigenvalue weighted by molar-refractivity contribution is 0.532. The molecule has 0 fully saturated rings. The lowest BCUT2D eigenvalue weighted by Crippen LogP contribution is -2.02. The van der Waals surface area contributed by atoms with Gasteiger partial charge >= 0.3 is 0 Å². The van der Waals surface area contributed by atoms with Crippen molar-refractivity contribution in [2.24, 2.45) is 0 Å². The predicted molar refractivity (Wildman–Crippen MR) is 75.8 cm³/mol. The Kier molecular flexibility index (Phi) is 4.03. The minimum Gasteiger partial charge on any atom is -0.378 e. The van der Waals surface area contributed by atoms with Crippen molar-refractivity contribution in [1.29, 1.82) is 0 Å². The summed E-state index contributed by atoms with van der Waals surface area (Å²) in [4.78, 5) is 0. The zero-order valence-corrected chi connectivity index (χ0v) is 11.4. The highest BCUT2D eigenvalue weighted by Gasteiger charge is 2.03. The standard InChI is InChI=1S/C15H21N3/c1-4-13-7-5-6-8-14(13)9-16-15-10-17-18(11-15)12(2)3/h5-8,10-12,16H,4,9H2,1-3H3. The zero-order valence-electron chi connectivity index (χ0n) is 11.4. The maximum absolute atomic E-state index is 4.32. The molecule has 96 valence electrons. The molecule has 2 aromatic rings. The fraction of sp³-hybridized carbons (Fsp3) is 0.400. The number of nitrogens with one attached hydrogen (secondary N) is 1. The monoisotopic (exact) mass is 243 g/mol. The van der Waals surface area contributed by atoms with Gasteiger partial charge in [0.15, 0.2) is 0 Å². The van der Waals surface area contributed by atoms with Crippen molar-refractivity contribution < 1.29 is 0 Å². The third kappa shape index (κ3) is 2.92. The summed E-state index contributed by atoms with van der Waals surface area (Å²) >= 11 is 0. The van der Waals surface area contributed by atoms with Gasteiger partial charge in [-0.2, -0.15) is 5.10 Å². The fourth-order valence-electron chi connectivity index (χ4n) is 1.98. The van der Waals surface area contributed by atoms with Gasteiger partial charge in [-0.3, -0.25) is 4.68 Å². The topological polar surface area (TPSA) is 29.9 Å². The van der Waals surface area contributed by atoms with Crippen molar-refractivity contribution in [2.75, 3.05) is 5.32 Å². The molecule has 0 aliphatic carbocycles. The van der Waals surface area contributed by atoms with Crippen LogP contribution in [0.5, 0.6) is 0 Å². The Bertz CT molecular complexity index is 500. The van der Waals surface area contributed by atoms with Gasteiger partial charge in [0.25, 0.3) is 0 Å². The Morgan fingerprint density at radius 1 is 1.22 bits per heavy atom. The molecule has 1 N–H and O–H groups in total. The summed E-state index contributed by atoms with van der Waals surface area (Å²) in [5.74, 6) is 0. The molecule has 0 spiro atoms. The quantitative estimate of drug-likeness (QED) is 0.869. The molecule has 1 aromatic heterocycles. The maximum Gasteiger partial charge on any atom is 0.0729 e. The summed E-state index contributed by atoms with van der Waals surface area (Å²) in [6.07, 6.45) is 5.01. The Labute approximate surface area is 109 Å². The van der Waals surface area contributed by atoms with Crippen molar-refractivity contribution in [3.8, 4) is 0 Å². The lowest BCUT2D eigenvalue weighted by atomic mass is 10.1. The van der Waals surface area contributed by atoms with Gasteiger partial charge in [-0.25, -0.2) is 0 Å². The molecule has 18 heavy (non-hydrogen) atoms. The number of hydrogen-bond donors (Lipinski definition) is 1. The number of nitrogens with zero attached hydrogens (tertiary/aromatic N) is 2. The van der Waals surface area contributed by atoms with E-state index in [1.807, 2.05) is 10.9 Å². The molecule has 1 heterocycles. The van der Waals surface area contributed by atoms with Crippen LogP contribution in [0.1, 0.15) is 37.9 Å². The highest BCUT2D eigenvalue weighted by molar-refractivity contribution is 5.40. The van der Waals surface area contributed by atoms with Crippen LogP contribution in [0.4, 0.5) is 5.69 Å². The summed E-state index contributed by atoms with van der Waals surface area (Å²) in [6.45, 7) is 7.30. The van der Waals surface area contributed by atoms with Crippen LogP contribution < -0.4 is 5.32 Å². The summed E-state index contributed by atoms with van der Waals surface area (Å²) in [6, 6.07) is 8.96. The van der Waals surface area contributed by atoms with Gasteiger partial charge in [-0.15, -0.1) is 0 Å². The van der Waals surface area contributed by atoms with E-state index in [-0.39, 0.29) is 0 Å². The molecule has 0 aliphatic heterocycles. The van der Waals surface area contributed by atoms with E-state index in [4.69, 9.17) is 0 Å². The van der Waals surface area contributed by atoms with Gasteiger partial charge < -0.3 is 5.32 Å². The molecule has 3 heteroatoms. The van der Waals surface area contributed by atoms with Crippen molar-refractivity contribution in [3.05, 3.63) is 47.8 Å². The zero-order chi connectivity index (χ0) is 13.0. The normalized spacial score (nSPS) is 10.9. The number of aromatic nitrogens is 2. The molecule has 1 aromatic carbocycles. The SMILES string of the molecule is CCc1ccccc1CNc1cnn(C(C)C)c1. The van der Waals surface area contributed by atoms with Crippen LogP contribution in [0.25, 0.3) is 0 Å². The van der Waals surface area contributed by atoms with E-state index >= 15 is 0 Å². The summed E-state index contributed by atoms with van der Waals surface area (Å²) in [5, 5.41) is 7.75. The minimum atomic E-state index is 0.406. The number of hydrogen-bond acceptors (Lipinski definition) is 2. The molecule has 2 rings (SSSR count). The lowest BCUT2D eigenvalue weighted by Gasteiger charge is -2.08. The first-order valence-electron chi connectivity index (χ1n) is 6.55. The Hall–Kier alpha value is -1.77. The molecule has 0 aliphatic rings. The van der Waals surface area contributed by atoms with Crippen LogP contribution in [0.2, 0.25) is 0 Å². The van der Waals surface area contributed by atoms with E-state index in [0.717, 1.165) is 18.7 Å². The average Bonchev–Trinajstić information content (AvgIpc) is 2.85. The van der Waals surface area contributed by atoms with Crippen molar-refractivity contribution in [1.82, 2.24) is 9.78 Å². The highest BCUT2D eigenvalue weighted by atomic mass is 15.3. The molecule has 3 nitrogen and oxygen atoms in total. The van der Waals surface area contributed by atoms with E-state index in [1.165, 1.54) is 11.1 Å². The van der Waals surface area contributed by atoms with Crippen molar-refractivity contribution >= 4 is 5.69 Å². The molecule has 0 saturated heterocycles. The average molecular weight is 243 g/mol. The molecule has 0 atom stereocenters. The van der Waals surface area contributed by atoms with Gasteiger partial charge in [0.2, 0.25) is 0 Å². The Morgan fingerprint density at radius 3 is 2.56 bits per heavy atom. The largest absolute Gasteiger partial charge is 0.378 e. The van der Waals surface area contributed by atoms with Gasteiger partial charge in [0.1, 0.15) is 0 Å². The molecule has 0 unspecified atom stereocenters. The van der Waals surface area contributed by atoms with Crippen LogP contribution >= 0.6 is 0 Å². The molecule has 0 bridgehead atoms. The van der Waals surface area contributed by atoms with Crippen LogP contribution in [-0.2, 0) is 13.0 Å². The number of benzene rings is 1. The minimum absolute atomic E-state index is 0.406. The van der Waals surface area contributed by atoms with Gasteiger partial charge in [0.05, 0.1) is 11.9 Å². The molecule has 0 amide bonds. The summed E-state index contributed by atoms with van der Waals surface area (Å²) in [5.41, 5.74) is 3.84. The smallest absolute Gasteiger partial charge is 0.0729 e. The number of aryl methyl sites for hydroxylation is 1. The highest BCUT2D eigenvalue weighted by Crippen LogP contribution is 2.14.